The summed E-state index contributed by atoms with van der Waals surface area (Å²) in [6.07, 6.45) is -9.33. The average Bonchev–Trinajstić information content (AvgIpc) is 2.90. The zero-order valence-corrected chi connectivity index (χ0v) is 17.5. The Balaban J connectivity index is 1.68. The number of aryl methyl sites for hydroxylation is 1. The van der Waals surface area contributed by atoms with Crippen molar-refractivity contribution >= 4 is 23.0 Å². The molecule has 0 aliphatic carbocycles. The summed E-state index contributed by atoms with van der Waals surface area (Å²) >= 11 is 0. The summed E-state index contributed by atoms with van der Waals surface area (Å²) in [7, 11) is 0. The number of rotatable bonds is 3. The summed E-state index contributed by atoms with van der Waals surface area (Å²) in [4.78, 5) is 16.8. The third-order valence-electron chi connectivity index (χ3n) is 5.07. The predicted octanol–water partition coefficient (Wildman–Crippen LogP) is 7.29. The van der Waals surface area contributed by atoms with Crippen LogP contribution in [0.5, 0.6) is 11.5 Å². The maximum Gasteiger partial charge on any atom is 0.416 e. The molecule has 1 heterocycles. The van der Waals surface area contributed by atoms with Crippen LogP contribution in [0.15, 0.2) is 65.7 Å². The molecule has 34 heavy (non-hydrogen) atoms. The maximum atomic E-state index is 13.2. The number of nitrogens with zero attached hydrogens (tertiary/aromatic N) is 1. The monoisotopic (exact) mass is 478 g/mol. The lowest BCUT2D eigenvalue weighted by atomic mass is 10.1. The van der Waals surface area contributed by atoms with E-state index in [1.165, 1.54) is 37.3 Å². The van der Waals surface area contributed by atoms with Crippen LogP contribution in [0.1, 0.15) is 28.7 Å². The number of aliphatic imine (C=N–C) groups is 1. The topological polar surface area (TPSA) is 50.7 Å². The predicted molar refractivity (Wildman–Crippen MR) is 114 cm³/mol. The number of nitrogens with one attached hydrogen (secondary N) is 1. The number of halogens is 6. The Morgan fingerprint density at radius 1 is 0.882 bits per heavy atom. The first kappa shape index (κ1) is 23.3. The van der Waals surface area contributed by atoms with E-state index >= 15 is 0 Å². The second-order valence-electron chi connectivity index (χ2n) is 7.62. The molecule has 4 nitrogen and oxygen atoms in total. The summed E-state index contributed by atoms with van der Waals surface area (Å²) in [5.74, 6) is -0.389. The molecule has 176 valence electrons. The Hall–Kier alpha value is -3.82. The molecule has 0 aromatic heterocycles. The highest BCUT2D eigenvalue weighted by Crippen LogP contribution is 2.39. The van der Waals surface area contributed by atoms with Crippen molar-refractivity contribution in [2.24, 2.45) is 4.99 Å². The fourth-order valence-electron chi connectivity index (χ4n) is 3.50. The van der Waals surface area contributed by atoms with Gasteiger partial charge < -0.3 is 10.1 Å². The second-order valence-corrected chi connectivity index (χ2v) is 7.62. The number of hydrogen-bond donors (Lipinski definition) is 1. The van der Waals surface area contributed by atoms with E-state index in [9.17, 15) is 31.1 Å². The molecule has 4 rings (SSSR count). The fourth-order valence-corrected chi connectivity index (χ4v) is 3.50. The standard InChI is InChI=1S/C24H16F6N2O2/c1-13-8-20-21(11-18(13)24(28,29)30)32-22(33)12-19(31-20)14-4-2-6-16(9-14)34-17-7-3-5-15(10-17)23(25,26)27/h2-11H,12H2,1H3,(H,32,33). The first-order valence-corrected chi connectivity index (χ1v) is 9.95. The molecule has 1 N–H and O–H groups in total. The van der Waals surface area contributed by atoms with Crippen molar-refractivity contribution in [1.29, 1.82) is 0 Å². The number of carbonyl (C=O) groups excluding carboxylic acids is 1. The van der Waals surface area contributed by atoms with E-state index in [-0.39, 0.29) is 40.6 Å². The highest BCUT2D eigenvalue weighted by Gasteiger charge is 2.34. The Morgan fingerprint density at radius 2 is 1.56 bits per heavy atom. The van der Waals surface area contributed by atoms with Gasteiger partial charge in [-0.05, 0) is 55.0 Å². The molecule has 0 saturated carbocycles. The third-order valence-corrected chi connectivity index (χ3v) is 5.07. The van der Waals surface area contributed by atoms with Crippen LogP contribution in [0.4, 0.5) is 37.7 Å². The van der Waals surface area contributed by atoms with Crippen LogP contribution in [-0.4, -0.2) is 11.6 Å². The van der Waals surface area contributed by atoms with Crippen LogP contribution in [0.2, 0.25) is 0 Å². The van der Waals surface area contributed by atoms with E-state index in [0.29, 0.717) is 5.56 Å². The van der Waals surface area contributed by atoms with E-state index in [1.807, 2.05) is 0 Å². The van der Waals surface area contributed by atoms with Crippen LogP contribution < -0.4 is 10.1 Å². The molecule has 0 bridgehead atoms. The summed E-state index contributed by atoms with van der Waals surface area (Å²) in [6.45, 7) is 1.30. The number of carbonyl (C=O) groups is 1. The van der Waals surface area contributed by atoms with Gasteiger partial charge in [-0.15, -0.1) is 0 Å². The molecule has 1 aliphatic heterocycles. The second kappa shape index (κ2) is 8.51. The lowest BCUT2D eigenvalue weighted by molar-refractivity contribution is -0.138. The average molecular weight is 478 g/mol. The molecule has 0 spiro atoms. The minimum absolute atomic E-state index is 0.0341. The number of ether oxygens (including phenoxy) is 1. The van der Waals surface area contributed by atoms with Gasteiger partial charge in [0, 0.05) is 5.56 Å². The van der Waals surface area contributed by atoms with Gasteiger partial charge in [-0.3, -0.25) is 9.79 Å². The fraction of sp³-hybridized carbons (Fsp3) is 0.167. The van der Waals surface area contributed by atoms with Crippen LogP contribution >= 0.6 is 0 Å². The minimum Gasteiger partial charge on any atom is -0.457 e. The summed E-state index contributed by atoms with van der Waals surface area (Å²) < 4.78 is 84.2. The number of fused-ring (bicyclic) bond motifs is 1. The van der Waals surface area contributed by atoms with Gasteiger partial charge in [0.2, 0.25) is 5.91 Å². The maximum absolute atomic E-state index is 13.2. The highest BCUT2D eigenvalue weighted by molar-refractivity contribution is 6.17. The Labute approximate surface area is 189 Å². The van der Waals surface area contributed by atoms with Crippen molar-refractivity contribution in [2.75, 3.05) is 5.32 Å². The Bertz CT molecular complexity index is 1300. The number of amides is 1. The third kappa shape index (κ3) is 5.05. The lowest BCUT2D eigenvalue weighted by Gasteiger charge is -2.13. The molecule has 1 amide bonds. The lowest BCUT2D eigenvalue weighted by Crippen LogP contribution is -2.15. The van der Waals surface area contributed by atoms with E-state index in [2.05, 4.69) is 10.3 Å². The largest absolute Gasteiger partial charge is 0.457 e. The van der Waals surface area contributed by atoms with Gasteiger partial charge in [0.05, 0.1) is 34.6 Å². The zero-order valence-electron chi connectivity index (χ0n) is 17.5. The van der Waals surface area contributed by atoms with E-state index in [4.69, 9.17) is 4.74 Å². The van der Waals surface area contributed by atoms with Gasteiger partial charge in [-0.1, -0.05) is 18.2 Å². The van der Waals surface area contributed by atoms with Crippen molar-refractivity contribution in [3.63, 3.8) is 0 Å². The number of benzene rings is 3. The Morgan fingerprint density at radius 3 is 2.24 bits per heavy atom. The van der Waals surface area contributed by atoms with Crippen LogP contribution in [-0.2, 0) is 17.1 Å². The molecular formula is C24H16F6N2O2. The van der Waals surface area contributed by atoms with E-state index in [1.54, 1.807) is 12.1 Å². The van der Waals surface area contributed by atoms with Gasteiger partial charge in [-0.2, -0.15) is 26.3 Å². The molecule has 1 aliphatic rings. The first-order valence-electron chi connectivity index (χ1n) is 9.95. The van der Waals surface area contributed by atoms with Crippen molar-refractivity contribution in [3.05, 3.63) is 82.9 Å². The molecular weight excluding hydrogens is 462 g/mol. The number of anilines is 1. The van der Waals surface area contributed by atoms with Gasteiger partial charge in [0.15, 0.2) is 0 Å². The number of hydrogen-bond acceptors (Lipinski definition) is 3. The smallest absolute Gasteiger partial charge is 0.416 e. The zero-order chi connectivity index (χ0) is 24.7. The van der Waals surface area contributed by atoms with Crippen LogP contribution in [0, 0.1) is 6.92 Å². The molecule has 0 unspecified atom stereocenters. The molecule has 10 heteroatoms. The van der Waals surface area contributed by atoms with Gasteiger partial charge in [-0.25, -0.2) is 0 Å². The molecule has 0 atom stereocenters. The SMILES string of the molecule is Cc1cc2c(cc1C(F)(F)F)NC(=O)CC(c1cccc(Oc3cccc(C(F)(F)F)c3)c1)=N2. The normalized spacial score (nSPS) is 14.1. The van der Waals surface area contributed by atoms with Gasteiger partial charge >= 0.3 is 12.4 Å². The molecule has 3 aromatic carbocycles. The Kier molecular flexibility index (Phi) is 5.84. The van der Waals surface area contributed by atoms with E-state index < -0.39 is 29.4 Å². The van der Waals surface area contributed by atoms with Crippen LogP contribution in [0.3, 0.4) is 0 Å². The molecule has 3 aromatic rings. The van der Waals surface area contributed by atoms with E-state index in [0.717, 1.165) is 18.2 Å². The van der Waals surface area contributed by atoms with Crippen molar-refractivity contribution in [3.8, 4) is 11.5 Å². The van der Waals surface area contributed by atoms with Gasteiger partial charge in [0.25, 0.3) is 0 Å². The van der Waals surface area contributed by atoms with Crippen molar-refractivity contribution in [2.45, 2.75) is 25.7 Å². The molecule has 0 saturated heterocycles. The number of alkyl halides is 6. The van der Waals surface area contributed by atoms with Crippen molar-refractivity contribution < 1.29 is 35.9 Å². The summed E-state index contributed by atoms with van der Waals surface area (Å²) in [5, 5.41) is 2.45. The summed E-state index contributed by atoms with van der Waals surface area (Å²) in [5.41, 5.74) is -0.982. The minimum atomic E-state index is -4.59. The first-order chi connectivity index (χ1) is 15.9. The highest BCUT2D eigenvalue weighted by atomic mass is 19.4. The quantitative estimate of drug-likeness (QED) is 0.402. The molecule has 0 fully saturated rings. The van der Waals surface area contributed by atoms with Crippen LogP contribution in [0.25, 0.3) is 0 Å². The van der Waals surface area contributed by atoms with Crippen molar-refractivity contribution in [1.82, 2.24) is 0 Å². The molecule has 0 radical (unpaired) electrons. The van der Waals surface area contributed by atoms with Gasteiger partial charge in [0.1, 0.15) is 11.5 Å². The summed E-state index contributed by atoms with van der Waals surface area (Å²) in [6, 6.07) is 12.7.